The van der Waals surface area contributed by atoms with Crippen LogP contribution >= 0.6 is 0 Å². The fourth-order valence-corrected chi connectivity index (χ4v) is 2.16. The molecule has 0 aliphatic carbocycles. The zero-order chi connectivity index (χ0) is 10.8. The van der Waals surface area contributed by atoms with Gasteiger partial charge in [0.25, 0.3) is 0 Å². The summed E-state index contributed by atoms with van der Waals surface area (Å²) in [6.07, 6.45) is 1.24. The van der Waals surface area contributed by atoms with E-state index in [0.29, 0.717) is 5.92 Å². The summed E-state index contributed by atoms with van der Waals surface area (Å²) >= 11 is 0. The standard InChI is InChI=1S/C11H12N2.C2H6/c1-8-6-7-13-10-5-3-2-4-9(10)12-11(8)13;1-2/h2-5,8H,6-7H2,1H3;1-2H3. The summed E-state index contributed by atoms with van der Waals surface area (Å²) in [6, 6.07) is 8.38. The maximum absolute atomic E-state index is 4.64. The summed E-state index contributed by atoms with van der Waals surface area (Å²) in [5.74, 6) is 1.90. The van der Waals surface area contributed by atoms with Gasteiger partial charge < -0.3 is 4.57 Å². The summed E-state index contributed by atoms with van der Waals surface area (Å²) in [5, 5.41) is 0. The van der Waals surface area contributed by atoms with Crippen molar-refractivity contribution < 1.29 is 0 Å². The van der Waals surface area contributed by atoms with Gasteiger partial charge in [-0.1, -0.05) is 32.9 Å². The molecule has 3 rings (SSSR count). The van der Waals surface area contributed by atoms with E-state index in [-0.39, 0.29) is 0 Å². The van der Waals surface area contributed by atoms with Gasteiger partial charge >= 0.3 is 0 Å². The van der Waals surface area contributed by atoms with Crippen LogP contribution in [0.2, 0.25) is 0 Å². The maximum Gasteiger partial charge on any atom is 0.112 e. The molecule has 0 fully saturated rings. The van der Waals surface area contributed by atoms with E-state index in [2.05, 4.69) is 40.7 Å². The van der Waals surface area contributed by atoms with Gasteiger partial charge in [0.2, 0.25) is 0 Å². The molecule has 15 heavy (non-hydrogen) atoms. The highest BCUT2D eigenvalue weighted by Crippen LogP contribution is 2.30. The Hall–Kier alpha value is -1.31. The summed E-state index contributed by atoms with van der Waals surface area (Å²) < 4.78 is 2.35. The van der Waals surface area contributed by atoms with Gasteiger partial charge in [0.15, 0.2) is 0 Å². The average molecular weight is 202 g/mol. The molecule has 1 atom stereocenters. The number of nitrogens with zero attached hydrogens (tertiary/aromatic N) is 2. The molecule has 1 aromatic carbocycles. The number of benzene rings is 1. The number of aromatic nitrogens is 2. The third kappa shape index (κ3) is 1.54. The quantitative estimate of drug-likeness (QED) is 0.638. The lowest BCUT2D eigenvalue weighted by atomic mass is 10.1. The molecular formula is C13H18N2. The molecule has 1 unspecified atom stereocenters. The van der Waals surface area contributed by atoms with Gasteiger partial charge in [0.05, 0.1) is 11.0 Å². The van der Waals surface area contributed by atoms with E-state index in [1.165, 1.54) is 17.8 Å². The minimum Gasteiger partial charge on any atom is -0.328 e. The van der Waals surface area contributed by atoms with E-state index in [1.807, 2.05) is 13.8 Å². The highest BCUT2D eigenvalue weighted by molar-refractivity contribution is 5.76. The van der Waals surface area contributed by atoms with Gasteiger partial charge in [-0.15, -0.1) is 0 Å². The number of fused-ring (bicyclic) bond motifs is 3. The molecule has 2 heterocycles. The third-order valence-electron chi connectivity index (χ3n) is 2.91. The van der Waals surface area contributed by atoms with Crippen molar-refractivity contribution in [1.82, 2.24) is 9.55 Å². The van der Waals surface area contributed by atoms with Crippen LogP contribution in [0.4, 0.5) is 0 Å². The van der Waals surface area contributed by atoms with Gasteiger partial charge in [-0.3, -0.25) is 0 Å². The minimum absolute atomic E-state index is 0.632. The Kier molecular flexibility index (Phi) is 2.76. The van der Waals surface area contributed by atoms with Gasteiger partial charge in [-0.05, 0) is 18.6 Å². The Morgan fingerprint density at radius 1 is 1.27 bits per heavy atom. The molecule has 1 aliphatic rings. The van der Waals surface area contributed by atoms with Crippen molar-refractivity contribution in [3.63, 3.8) is 0 Å². The van der Waals surface area contributed by atoms with Crippen LogP contribution in [0.5, 0.6) is 0 Å². The average Bonchev–Trinajstić information content (AvgIpc) is 2.82. The van der Waals surface area contributed by atoms with E-state index in [9.17, 15) is 0 Å². The normalized spacial score (nSPS) is 18.5. The lowest BCUT2D eigenvalue weighted by Gasteiger charge is -1.96. The van der Waals surface area contributed by atoms with Gasteiger partial charge in [-0.25, -0.2) is 4.98 Å². The number of para-hydroxylation sites is 2. The minimum atomic E-state index is 0.632. The van der Waals surface area contributed by atoms with Gasteiger partial charge in [0.1, 0.15) is 5.82 Å². The Bertz CT molecular complexity index is 457. The molecular weight excluding hydrogens is 184 g/mol. The van der Waals surface area contributed by atoms with Crippen molar-refractivity contribution in [2.24, 2.45) is 0 Å². The van der Waals surface area contributed by atoms with Gasteiger partial charge in [-0.2, -0.15) is 0 Å². The highest BCUT2D eigenvalue weighted by Gasteiger charge is 2.21. The zero-order valence-corrected chi connectivity index (χ0v) is 9.70. The number of hydrogen-bond donors (Lipinski definition) is 0. The Labute approximate surface area is 90.9 Å². The first-order chi connectivity index (χ1) is 7.36. The Morgan fingerprint density at radius 3 is 2.80 bits per heavy atom. The molecule has 2 heteroatoms. The van der Waals surface area contributed by atoms with Gasteiger partial charge in [0, 0.05) is 12.5 Å². The smallest absolute Gasteiger partial charge is 0.112 e. The van der Waals surface area contributed by atoms with E-state index in [1.54, 1.807) is 0 Å². The van der Waals surface area contributed by atoms with Crippen molar-refractivity contribution in [2.45, 2.75) is 39.7 Å². The Balaban J connectivity index is 0.000000404. The number of rotatable bonds is 0. The van der Waals surface area contributed by atoms with Crippen LogP contribution < -0.4 is 0 Å². The Morgan fingerprint density at radius 2 is 2.00 bits per heavy atom. The summed E-state index contributed by atoms with van der Waals surface area (Å²) in [4.78, 5) is 4.64. The molecule has 0 bridgehead atoms. The highest BCUT2D eigenvalue weighted by atomic mass is 15.1. The van der Waals surface area contributed by atoms with Crippen LogP contribution in [0.1, 0.15) is 38.9 Å². The zero-order valence-electron chi connectivity index (χ0n) is 9.70. The van der Waals surface area contributed by atoms with E-state index >= 15 is 0 Å². The summed E-state index contributed by atoms with van der Waals surface area (Å²) in [7, 11) is 0. The molecule has 0 spiro atoms. The first-order valence-electron chi connectivity index (χ1n) is 5.81. The fourth-order valence-electron chi connectivity index (χ4n) is 2.16. The molecule has 1 aliphatic heterocycles. The molecule has 2 nitrogen and oxygen atoms in total. The topological polar surface area (TPSA) is 17.8 Å². The second kappa shape index (κ2) is 4.05. The maximum atomic E-state index is 4.64. The monoisotopic (exact) mass is 202 g/mol. The van der Waals surface area contributed by atoms with Crippen LogP contribution in [0, 0.1) is 0 Å². The number of imidazole rings is 1. The molecule has 0 amide bonds. The summed E-state index contributed by atoms with van der Waals surface area (Å²) in [6.45, 7) is 7.39. The van der Waals surface area contributed by atoms with Crippen LogP contribution in [0.15, 0.2) is 24.3 Å². The second-order valence-corrected chi connectivity index (χ2v) is 3.80. The molecule has 2 aromatic rings. The van der Waals surface area contributed by atoms with E-state index in [4.69, 9.17) is 0 Å². The predicted molar refractivity (Wildman–Crippen MR) is 64.1 cm³/mol. The molecule has 0 radical (unpaired) electrons. The number of hydrogen-bond acceptors (Lipinski definition) is 1. The predicted octanol–water partition coefficient (Wildman–Crippen LogP) is 3.57. The molecule has 1 aromatic heterocycles. The van der Waals surface area contributed by atoms with E-state index < -0.39 is 0 Å². The first-order valence-corrected chi connectivity index (χ1v) is 5.81. The van der Waals surface area contributed by atoms with Crippen molar-refractivity contribution in [3.8, 4) is 0 Å². The van der Waals surface area contributed by atoms with Crippen LogP contribution in [-0.4, -0.2) is 9.55 Å². The van der Waals surface area contributed by atoms with Crippen molar-refractivity contribution in [1.29, 1.82) is 0 Å². The summed E-state index contributed by atoms with van der Waals surface area (Å²) in [5.41, 5.74) is 2.44. The third-order valence-corrected chi connectivity index (χ3v) is 2.91. The fraction of sp³-hybridized carbons (Fsp3) is 0.462. The van der Waals surface area contributed by atoms with Crippen molar-refractivity contribution in [3.05, 3.63) is 30.1 Å². The molecule has 0 saturated carbocycles. The van der Waals surface area contributed by atoms with Crippen molar-refractivity contribution >= 4 is 11.0 Å². The largest absolute Gasteiger partial charge is 0.328 e. The first kappa shape index (κ1) is 10.2. The second-order valence-electron chi connectivity index (χ2n) is 3.80. The molecule has 0 N–H and O–H groups in total. The van der Waals surface area contributed by atoms with Crippen LogP contribution in [-0.2, 0) is 6.54 Å². The van der Waals surface area contributed by atoms with E-state index in [0.717, 1.165) is 12.1 Å². The lowest BCUT2D eigenvalue weighted by molar-refractivity contribution is 0.710. The SMILES string of the molecule is CC.CC1CCn2c1nc1ccccc12. The van der Waals surface area contributed by atoms with Crippen LogP contribution in [0.3, 0.4) is 0 Å². The number of aryl methyl sites for hydroxylation is 1. The van der Waals surface area contributed by atoms with Crippen molar-refractivity contribution in [2.75, 3.05) is 0 Å². The molecule has 0 saturated heterocycles. The van der Waals surface area contributed by atoms with Crippen LogP contribution in [0.25, 0.3) is 11.0 Å². The molecule has 80 valence electrons. The lowest BCUT2D eigenvalue weighted by Crippen LogP contribution is -1.91.